The zero-order chi connectivity index (χ0) is 26.1. The molecule has 0 saturated carbocycles. The van der Waals surface area contributed by atoms with Gasteiger partial charge in [0.2, 0.25) is 0 Å². The molecular formula is C28H26IN3O4. The molecule has 0 aliphatic rings. The van der Waals surface area contributed by atoms with E-state index in [1.165, 1.54) is 6.08 Å². The van der Waals surface area contributed by atoms with Crippen LogP contribution in [-0.2, 0) is 9.59 Å². The van der Waals surface area contributed by atoms with Crippen molar-refractivity contribution in [3.63, 3.8) is 0 Å². The Morgan fingerprint density at radius 3 is 2.39 bits per heavy atom. The Kier molecular flexibility index (Phi) is 9.47. The number of hydrogen-bond donors (Lipinski definition) is 2. The molecular weight excluding hydrogens is 569 g/mol. The van der Waals surface area contributed by atoms with Gasteiger partial charge in [-0.3, -0.25) is 9.59 Å². The molecule has 0 saturated heterocycles. The average Bonchev–Trinajstić information content (AvgIpc) is 2.85. The number of nitrogens with one attached hydrogen (secondary N) is 2. The van der Waals surface area contributed by atoms with E-state index in [1.54, 1.807) is 36.4 Å². The maximum Gasteiger partial charge on any atom is 0.266 e. The summed E-state index contributed by atoms with van der Waals surface area (Å²) in [7, 11) is 0. The van der Waals surface area contributed by atoms with Gasteiger partial charge in [-0.1, -0.05) is 24.3 Å². The van der Waals surface area contributed by atoms with Crippen molar-refractivity contribution >= 4 is 51.9 Å². The third-order valence-electron chi connectivity index (χ3n) is 5.18. The van der Waals surface area contributed by atoms with Crippen molar-refractivity contribution in [2.24, 2.45) is 0 Å². The zero-order valence-electron chi connectivity index (χ0n) is 20.2. The summed E-state index contributed by atoms with van der Waals surface area (Å²) in [5.41, 5.74) is 4.06. The summed E-state index contributed by atoms with van der Waals surface area (Å²) in [6.45, 7) is 5.99. The zero-order valence-corrected chi connectivity index (χ0v) is 22.4. The fraction of sp³-hybridized carbons (Fsp3) is 0.179. The lowest BCUT2D eigenvalue weighted by Gasteiger charge is -2.15. The number of carbonyl (C=O) groups is 2. The highest BCUT2D eigenvalue weighted by Crippen LogP contribution is 2.35. The van der Waals surface area contributed by atoms with Gasteiger partial charge in [-0.05, 0) is 103 Å². The number of benzene rings is 3. The van der Waals surface area contributed by atoms with Gasteiger partial charge in [-0.25, -0.2) is 0 Å². The maximum absolute atomic E-state index is 12.6. The van der Waals surface area contributed by atoms with Gasteiger partial charge >= 0.3 is 0 Å². The fourth-order valence-electron chi connectivity index (χ4n) is 3.26. The number of para-hydroxylation sites is 1. The SMILES string of the molecule is CCOc1cc(/C=C(\C#N)C(=O)Nc2ccccc2)cc(I)c1OCC(=O)Nc1ccc(C)c(C)c1. The monoisotopic (exact) mass is 595 g/mol. The van der Waals surface area contributed by atoms with Gasteiger partial charge in [-0.15, -0.1) is 0 Å². The first kappa shape index (κ1) is 26.8. The van der Waals surface area contributed by atoms with E-state index in [0.29, 0.717) is 38.6 Å². The molecule has 0 unspecified atom stereocenters. The third-order valence-corrected chi connectivity index (χ3v) is 5.98. The molecule has 0 aromatic heterocycles. The number of carbonyl (C=O) groups excluding carboxylic acids is 2. The Morgan fingerprint density at radius 2 is 1.72 bits per heavy atom. The Hall–Kier alpha value is -3.84. The molecule has 0 aliphatic heterocycles. The van der Waals surface area contributed by atoms with Crippen molar-refractivity contribution in [2.45, 2.75) is 20.8 Å². The van der Waals surface area contributed by atoms with Crippen LogP contribution >= 0.6 is 22.6 Å². The topological polar surface area (TPSA) is 100 Å². The lowest BCUT2D eigenvalue weighted by molar-refractivity contribution is -0.118. The molecule has 0 aliphatic carbocycles. The van der Waals surface area contributed by atoms with E-state index < -0.39 is 5.91 Å². The van der Waals surface area contributed by atoms with E-state index in [2.05, 4.69) is 33.2 Å². The normalized spacial score (nSPS) is 10.8. The number of halogens is 1. The Labute approximate surface area is 224 Å². The second-order valence-electron chi connectivity index (χ2n) is 7.89. The summed E-state index contributed by atoms with van der Waals surface area (Å²) in [5, 5.41) is 15.1. The van der Waals surface area contributed by atoms with Gasteiger partial charge < -0.3 is 20.1 Å². The van der Waals surface area contributed by atoms with Crippen LogP contribution in [0.5, 0.6) is 11.5 Å². The highest BCUT2D eigenvalue weighted by molar-refractivity contribution is 14.1. The van der Waals surface area contributed by atoms with Crippen LogP contribution in [0.4, 0.5) is 11.4 Å². The molecule has 0 spiro atoms. The van der Waals surface area contributed by atoms with Crippen molar-refractivity contribution in [2.75, 3.05) is 23.8 Å². The lowest BCUT2D eigenvalue weighted by atomic mass is 10.1. The summed E-state index contributed by atoms with van der Waals surface area (Å²) in [5.74, 6) is 0.0114. The molecule has 0 fully saturated rings. The summed E-state index contributed by atoms with van der Waals surface area (Å²) in [6.07, 6.45) is 1.49. The molecule has 0 heterocycles. The van der Waals surface area contributed by atoms with Crippen molar-refractivity contribution < 1.29 is 19.1 Å². The van der Waals surface area contributed by atoms with E-state index in [0.717, 1.165) is 11.1 Å². The van der Waals surface area contributed by atoms with Crippen LogP contribution in [-0.4, -0.2) is 25.0 Å². The molecule has 0 radical (unpaired) electrons. The van der Waals surface area contributed by atoms with E-state index in [1.807, 2.05) is 51.1 Å². The van der Waals surface area contributed by atoms with Crippen molar-refractivity contribution in [3.05, 3.63) is 86.5 Å². The number of nitriles is 1. The first-order chi connectivity index (χ1) is 17.3. The molecule has 3 aromatic rings. The van der Waals surface area contributed by atoms with Gasteiger partial charge in [0, 0.05) is 11.4 Å². The van der Waals surface area contributed by atoms with Crippen LogP contribution in [0.15, 0.2) is 66.2 Å². The Bertz CT molecular complexity index is 1330. The quantitative estimate of drug-likeness (QED) is 0.183. The lowest BCUT2D eigenvalue weighted by Crippen LogP contribution is -2.20. The molecule has 8 heteroatoms. The number of nitrogens with zero attached hydrogens (tertiary/aromatic N) is 1. The summed E-state index contributed by atoms with van der Waals surface area (Å²) in [6, 6.07) is 20.0. The standard InChI is InChI=1S/C28H26IN3O4/c1-4-35-25-15-20(13-21(16-30)28(34)32-22-8-6-5-7-9-22)14-24(29)27(25)36-17-26(33)31-23-11-10-18(2)19(3)12-23/h5-15H,4,17H2,1-3H3,(H,31,33)(H,32,34)/b21-13+. The van der Waals surface area contributed by atoms with Gasteiger partial charge in [0.1, 0.15) is 11.6 Å². The van der Waals surface area contributed by atoms with Crippen molar-refractivity contribution in [1.82, 2.24) is 0 Å². The molecule has 2 N–H and O–H groups in total. The summed E-state index contributed by atoms with van der Waals surface area (Å²) >= 11 is 2.08. The highest BCUT2D eigenvalue weighted by atomic mass is 127. The average molecular weight is 595 g/mol. The highest BCUT2D eigenvalue weighted by Gasteiger charge is 2.16. The maximum atomic E-state index is 12.6. The minimum atomic E-state index is -0.514. The molecule has 0 atom stereocenters. The Morgan fingerprint density at radius 1 is 0.972 bits per heavy atom. The van der Waals surface area contributed by atoms with Crippen molar-refractivity contribution in [1.29, 1.82) is 5.26 Å². The predicted molar refractivity (Wildman–Crippen MR) is 149 cm³/mol. The molecule has 0 bridgehead atoms. The van der Waals surface area contributed by atoms with Crippen LogP contribution in [0, 0.1) is 28.7 Å². The number of rotatable bonds is 9. The summed E-state index contributed by atoms with van der Waals surface area (Å²) in [4.78, 5) is 25.0. The number of amides is 2. The smallest absolute Gasteiger partial charge is 0.266 e. The van der Waals surface area contributed by atoms with Gasteiger partial charge in [0.05, 0.1) is 10.2 Å². The van der Waals surface area contributed by atoms with Crippen LogP contribution in [0.1, 0.15) is 23.6 Å². The number of aryl methyl sites for hydroxylation is 2. The van der Waals surface area contributed by atoms with Gasteiger partial charge in [0.15, 0.2) is 18.1 Å². The third kappa shape index (κ3) is 7.33. The second-order valence-corrected chi connectivity index (χ2v) is 9.05. The second kappa shape index (κ2) is 12.7. The first-order valence-electron chi connectivity index (χ1n) is 11.2. The van der Waals surface area contributed by atoms with Crippen molar-refractivity contribution in [3.8, 4) is 17.6 Å². The largest absolute Gasteiger partial charge is 0.490 e. The number of ether oxygens (including phenoxy) is 2. The van der Waals surface area contributed by atoms with E-state index in [4.69, 9.17) is 9.47 Å². The molecule has 3 aromatic carbocycles. The Balaban J connectivity index is 1.76. The molecule has 2 amide bonds. The predicted octanol–water partition coefficient (Wildman–Crippen LogP) is 5.87. The van der Waals surface area contributed by atoms with Crippen LogP contribution in [0.2, 0.25) is 0 Å². The molecule has 7 nitrogen and oxygen atoms in total. The van der Waals surface area contributed by atoms with Gasteiger partial charge in [-0.2, -0.15) is 5.26 Å². The number of hydrogen-bond acceptors (Lipinski definition) is 5. The summed E-state index contributed by atoms with van der Waals surface area (Å²) < 4.78 is 12.2. The van der Waals surface area contributed by atoms with Crippen LogP contribution in [0.25, 0.3) is 6.08 Å². The number of anilines is 2. The minimum absolute atomic E-state index is 0.0569. The minimum Gasteiger partial charge on any atom is -0.490 e. The fourth-order valence-corrected chi connectivity index (χ4v) is 4.04. The molecule has 184 valence electrons. The van der Waals surface area contributed by atoms with E-state index in [9.17, 15) is 14.9 Å². The first-order valence-corrected chi connectivity index (χ1v) is 12.3. The van der Waals surface area contributed by atoms with Gasteiger partial charge in [0.25, 0.3) is 11.8 Å². The van der Waals surface area contributed by atoms with E-state index >= 15 is 0 Å². The van der Waals surface area contributed by atoms with E-state index in [-0.39, 0.29) is 18.1 Å². The molecule has 3 rings (SSSR count). The van der Waals surface area contributed by atoms with Crippen LogP contribution < -0.4 is 20.1 Å². The van der Waals surface area contributed by atoms with Crippen LogP contribution in [0.3, 0.4) is 0 Å². The molecule has 36 heavy (non-hydrogen) atoms.